The van der Waals surface area contributed by atoms with E-state index in [9.17, 15) is 29.7 Å². The van der Waals surface area contributed by atoms with Gasteiger partial charge in [0, 0.05) is 18.2 Å². The largest absolute Gasteiger partial charge is 0.505 e. The van der Waals surface area contributed by atoms with E-state index in [2.05, 4.69) is 10.6 Å². The molecule has 2 rings (SSSR count). The topological polar surface area (TPSA) is 182 Å². The predicted octanol–water partition coefficient (Wildman–Crippen LogP) is 0.167. The minimum absolute atomic E-state index is 0.0216. The molecule has 0 aliphatic carbocycles. The van der Waals surface area contributed by atoms with E-state index in [-0.39, 0.29) is 34.3 Å². The zero-order chi connectivity index (χ0) is 21.9. The molecule has 12 heteroatoms. The third-order valence-corrected chi connectivity index (χ3v) is 5.49. The summed E-state index contributed by atoms with van der Waals surface area (Å²) in [6.07, 6.45) is -1.21. The number of aromatic hydroxyl groups is 1. The molecule has 1 saturated heterocycles. The summed E-state index contributed by atoms with van der Waals surface area (Å²) >= 11 is 11.6. The van der Waals surface area contributed by atoms with Crippen molar-refractivity contribution in [3.05, 3.63) is 27.7 Å². The molecule has 160 valence electrons. The average molecular weight is 450 g/mol. The minimum atomic E-state index is -1.88. The fourth-order valence-electron chi connectivity index (χ4n) is 3.26. The van der Waals surface area contributed by atoms with E-state index < -0.39 is 41.6 Å². The summed E-state index contributed by atoms with van der Waals surface area (Å²) in [4.78, 5) is 34.9. The minimum Gasteiger partial charge on any atom is -0.505 e. The number of carbonyl (C=O) groups is 3. The number of carbonyl (C=O) groups excluding carboxylic acids is 1. The quantitative estimate of drug-likeness (QED) is 0.290. The van der Waals surface area contributed by atoms with Gasteiger partial charge in [0.25, 0.3) is 5.91 Å². The summed E-state index contributed by atoms with van der Waals surface area (Å²) in [6.45, 7) is 0.156. The van der Waals surface area contributed by atoms with Crippen molar-refractivity contribution in [1.82, 2.24) is 10.6 Å². The SMILES string of the molecule is N[C@@H](C(=O)O)[C@H](O)[C@@]1(C(=O)O)CC[C@H](CCNC(=O)c2cc(Cl)c(O)c(Cl)c2)N1. The molecule has 1 aromatic rings. The van der Waals surface area contributed by atoms with Gasteiger partial charge in [0.2, 0.25) is 0 Å². The number of hydrogen-bond donors (Lipinski definition) is 7. The van der Waals surface area contributed by atoms with Gasteiger partial charge < -0.3 is 31.5 Å². The van der Waals surface area contributed by atoms with Crippen LogP contribution >= 0.6 is 23.2 Å². The molecule has 0 aromatic heterocycles. The van der Waals surface area contributed by atoms with Crippen LogP contribution in [0.4, 0.5) is 0 Å². The Bertz CT molecular complexity index is 799. The smallest absolute Gasteiger partial charge is 0.326 e. The lowest BCUT2D eigenvalue weighted by Crippen LogP contribution is -2.65. The second kappa shape index (κ2) is 9.14. The summed E-state index contributed by atoms with van der Waals surface area (Å²) in [6, 6.07) is 0.353. The first-order valence-corrected chi connectivity index (χ1v) is 9.39. The fraction of sp³-hybridized carbons (Fsp3) is 0.471. The van der Waals surface area contributed by atoms with Gasteiger partial charge in [0.15, 0.2) is 5.75 Å². The average Bonchev–Trinajstić information content (AvgIpc) is 3.09. The van der Waals surface area contributed by atoms with Crippen LogP contribution in [0.1, 0.15) is 29.6 Å². The van der Waals surface area contributed by atoms with Gasteiger partial charge in [0.1, 0.15) is 17.7 Å². The number of nitrogens with one attached hydrogen (secondary N) is 2. The summed E-state index contributed by atoms with van der Waals surface area (Å²) < 4.78 is 0. The molecule has 1 heterocycles. The van der Waals surface area contributed by atoms with Crippen molar-refractivity contribution in [2.24, 2.45) is 5.73 Å². The number of phenolic OH excluding ortho intramolecular Hbond substituents is 1. The Morgan fingerprint density at radius 3 is 2.38 bits per heavy atom. The van der Waals surface area contributed by atoms with E-state index in [4.69, 9.17) is 34.0 Å². The Hall–Kier alpha value is -2.11. The van der Waals surface area contributed by atoms with Gasteiger partial charge in [-0.25, -0.2) is 0 Å². The Labute approximate surface area is 175 Å². The van der Waals surface area contributed by atoms with Gasteiger partial charge in [-0.2, -0.15) is 0 Å². The van der Waals surface area contributed by atoms with Gasteiger partial charge in [0.05, 0.1) is 10.0 Å². The Morgan fingerprint density at radius 1 is 1.28 bits per heavy atom. The van der Waals surface area contributed by atoms with Crippen molar-refractivity contribution >= 4 is 41.0 Å². The zero-order valence-corrected chi connectivity index (χ0v) is 16.6. The van der Waals surface area contributed by atoms with Crippen LogP contribution in [-0.4, -0.2) is 68.5 Å². The lowest BCUT2D eigenvalue weighted by Gasteiger charge is -2.33. The van der Waals surface area contributed by atoms with Crippen LogP contribution in [0.5, 0.6) is 5.75 Å². The lowest BCUT2D eigenvalue weighted by molar-refractivity contribution is -0.153. The zero-order valence-electron chi connectivity index (χ0n) is 15.1. The normalized spacial score (nSPS) is 23.4. The third-order valence-electron chi connectivity index (χ3n) is 4.92. The Morgan fingerprint density at radius 2 is 1.86 bits per heavy atom. The number of carboxylic acids is 2. The number of halogens is 2. The van der Waals surface area contributed by atoms with Crippen molar-refractivity contribution in [2.45, 2.75) is 43.0 Å². The molecule has 1 aromatic carbocycles. The number of carboxylic acid groups (broad SMARTS) is 2. The monoisotopic (exact) mass is 449 g/mol. The third kappa shape index (κ3) is 4.90. The van der Waals surface area contributed by atoms with Crippen molar-refractivity contribution < 1.29 is 34.8 Å². The second-order valence-corrected chi connectivity index (χ2v) is 7.61. The molecule has 0 bridgehead atoms. The molecule has 0 unspecified atom stereocenters. The molecule has 29 heavy (non-hydrogen) atoms. The first kappa shape index (κ1) is 23.2. The molecule has 1 fully saturated rings. The molecular formula is C17H21Cl2N3O7. The van der Waals surface area contributed by atoms with Crippen LogP contribution in [0, 0.1) is 0 Å². The summed E-state index contributed by atoms with van der Waals surface area (Å²) in [7, 11) is 0. The van der Waals surface area contributed by atoms with Gasteiger partial charge in [-0.05, 0) is 31.4 Å². The molecule has 1 amide bonds. The molecule has 0 radical (unpaired) electrons. The molecule has 0 spiro atoms. The van der Waals surface area contributed by atoms with E-state index >= 15 is 0 Å². The summed E-state index contributed by atoms with van der Waals surface area (Å²) in [5.41, 5.74) is 3.65. The first-order valence-electron chi connectivity index (χ1n) is 8.63. The number of benzene rings is 1. The number of rotatable bonds is 8. The second-order valence-electron chi connectivity index (χ2n) is 6.80. The van der Waals surface area contributed by atoms with Crippen molar-refractivity contribution in [1.29, 1.82) is 0 Å². The van der Waals surface area contributed by atoms with E-state index in [0.29, 0.717) is 12.8 Å². The van der Waals surface area contributed by atoms with Crippen LogP contribution in [0.3, 0.4) is 0 Å². The van der Waals surface area contributed by atoms with E-state index in [1.807, 2.05) is 0 Å². The number of phenols is 1. The highest BCUT2D eigenvalue weighted by Gasteiger charge is 2.53. The van der Waals surface area contributed by atoms with Crippen LogP contribution in [0.25, 0.3) is 0 Å². The number of amides is 1. The van der Waals surface area contributed by atoms with E-state index in [0.717, 1.165) is 0 Å². The van der Waals surface area contributed by atoms with E-state index in [1.54, 1.807) is 0 Å². The standard InChI is InChI=1S/C17H21Cl2N3O7/c18-9-5-7(6-10(19)12(9)23)14(25)21-4-2-8-1-3-17(22-8,16(28)29)13(24)11(20)15(26)27/h5-6,8,11,13,22-24H,1-4,20H2,(H,21,25)(H,26,27)(H,28,29)/t8-,11-,13+,17-/m1/s1. The number of aliphatic hydroxyl groups excluding tert-OH is 1. The van der Waals surface area contributed by atoms with Gasteiger partial charge in [-0.1, -0.05) is 23.2 Å². The first-order chi connectivity index (χ1) is 13.5. The van der Waals surface area contributed by atoms with Crippen molar-refractivity contribution in [2.75, 3.05) is 6.54 Å². The highest BCUT2D eigenvalue weighted by Crippen LogP contribution is 2.33. The van der Waals surface area contributed by atoms with Gasteiger partial charge in [-0.3, -0.25) is 19.7 Å². The molecule has 1 aliphatic heterocycles. The van der Waals surface area contributed by atoms with Crippen molar-refractivity contribution in [3.63, 3.8) is 0 Å². The predicted molar refractivity (Wildman–Crippen MR) is 103 cm³/mol. The van der Waals surface area contributed by atoms with Crippen LogP contribution < -0.4 is 16.4 Å². The Balaban J connectivity index is 1.96. The number of hydrogen-bond acceptors (Lipinski definition) is 7. The van der Waals surface area contributed by atoms with Gasteiger partial charge >= 0.3 is 11.9 Å². The van der Waals surface area contributed by atoms with E-state index in [1.165, 1.54) is 12.1 Å². The molecule has 4 atom stereocenters. The maximum Gasteiger partial charge on any atom is 0.326 e. The maximum absolute atomic E-state index is 12.2. The molecule has 10 nitrogen and oxygen atoms in total. The van der Waals surface area contributed by atoms with Crippen LogP contribution in [0.2, 0.25) is 10.0 Å². The fourth-order valence-corrected chi connectivity index (χ4v) is 3.74. The lowest BCUT2D eigenvalue weighted by atomic mass is 9.86. The number of aliphatic hydroxyl groups is 1. The summed E-state index contributed by atoms with van der Waals surface area (Å²) in [5.74, 6) is -3.74. The molecule has 8 N–H and O–H groups in total. The molecule has 1 aliphatic rings. The molecular weight excluding hydrogens is 429 g/mol. The summed E-state index contributed by atoms with van der Waals surface area (Å²) in [5, 5.41) is 43.4. The highest BCUT2D eigenvalue weighted by molar-refractivity contribution is 6.37. The van der Waals surface area contributed by atoms with Crippen LogP contribution in [-0.2, 0) is 9.59 Å². The van der Waals surface area contributed by atoms with Gasteiger partial charge in [-0.15, -0.1) is 0 Å². The highest BCUT2D eigenvalue weighted by atomic mass is 35.5. The van der Waals surface area contributed by atoms with Crippen LogP contribution in [0.15, 0.2) is 12.1 Å². The Kier molecular flexibility index (Phi) is 7.30. The number of aliphatic carboxylic acids is 2. The number of nitrogens with two attached hydrogens (primary N) is 1. The maximum atomic E-state index is 12.2. The van der Waals surface area contributed by atoms with Crippen molar-refractivity contribution in [3.8, 4) is 5.75 Å². The molecule has 0 saturated carbocycles.